The zero-order valence-corrected chi connectivity index (χ0v) is 11.3. The molecule has 1 heterocycles. The molecule has 0 bridgehead atoms. The minimum absolute atomic E-state index is 0.642. The van der Waals surface area contributed by atoms with E-state index >= 15 is 0 Å². The van der Waals surface area contributed by atoms with Crippen LogP contribution < -0.4 is 15.8 Å². The molecule has 6 heteroatoms. The molecule has 0 unspecified atom stereocenters. The number of nitrogens with two attached hydrogens (primary N) is 1. The Hall–Kier alpha value is -1.82. The molecule has 0 amide bonds. The lowest BCUT2D eigenvalue weighted by atomic mass is 10.2. The number of aryl methyl sites for hydroxylation is 1. The van der Waals surface area contributed by atoms with E-state index in [1.165, 1.54) is 11.5 Å². The van der Waals surface area contributed by atoms with Crippen molar-refractivity contribution in [3.8, 4) is 5.75 Å². The second-order valence-electron chi connectivity index (χ2n) is 3.80. The fourth-order valence-electron chi connectivity index (χ4n) is 1.54. The summed E-state index contributed by atoms with van der Waals surface area (Å²) >= 11 is 1.38. The Morgan fingerprint density at radius 1 is 1.44 bits per heavy atom. The molecule has 0 atom stereocenters. The van der Waals surface area contributed by atoms with Gasteiger partial charge in [-0.3, -0.25) is 0 Å². The van der Waals surface area contributed by atoms with Crippen molar-refractivity contribution in [2.24, 2.45) is 0 Å². The largest absolute Gasteiger partial charge is 0.495 e. The summed E-state index contributed by atoms with van der Waals surface area (Å²) in [6.45, 7) is 2.71. The van der Waals surface area contributed by atoms with Crippen LogP contribution in [0.15, 0.2) is 18.2 Å². The van der Waals surface area contributed by atoms with Crippen LogP contribution in [-0.2, 0) is 13.0 Å². The second-order valence-corrected chi connectivity index (χ2v) is 4.55. The highest BCUT2D eigenvalue weighted by molar-refractivity contribution is 7.09. The number of hydrogen-bond donors (Lipinski definition) is 2. The van der Waals surface area contributed by atoms with Gasteiger partial charge in [0.25, 0.3) is 0 Å². The van der Waals surface area contributed by atoms with Gasteiger partial charge in [-0.15, -0.1) is 0 Å². The molecule has 0 spiro atoms. The van der Waals surface area contributed by atoms with Gasteiger partial charge in [0.05, 0.1) is 12.8 Å². The molecule has 18 heavy (non-hydrogen) atoms. The number of rotatable bonds is 5. The topological polar surface area (TPSA) is 73.1 Å². The molecule has 0 fully saturated rings. The maximum atomic E-state index is 5.85. The quantitative estimate of drug-likeness (QED) is 0.811. The molecule has 0 aliphatic rings. The van der Waals surface area contributed by atoms with Gasteiger partial charge in [0.2, 0.25) is 5.13 Å². The van der Waals surface area contributed by atoms with Gasteiger partial charge >= 0.3 is 0 Å². The molecule has 3 N–H and O–H groups in total. The molecule has 0 radical (unpaired) electrons. The number of benzene rings is 1. The van der Waals surface area contributed by atoms with E-state index in [-0.39, 0.29) is 0 Å². The Labute approximate surface area is 110 Å². The minimum Gasteiger partial charge on any atom is -0.495 e. The third kappa shape index (κ3) is 2.89. The summed E-state index contributed by atoms with van der Waals surface area (Å²) in [5.41, 5.74) is 7.58. The second kappa shape index (κ2) is 5.68. The van der Waals surface area contributed by atoms with E-state index in [0.717, 1.165) is 22.9 Å². The lowest BCUT2D eigenvalue weighted by Gasteiger charge is -2.07. The molecule has 2 aromatic rings. The Bertz CT molecular complexity index is 527. The molecule has 0 saturated heterocycles. The Morgan fingerprint density at radius 3 is 2.89 bits per heavy atom. The monoisotopic (exact) mass is 264 g/mol. The maximum absolute atomic E-state index is 5.85. The van der Waals surface area contributed by atoms with Crippen LogP contribution in [0.4, 0.5) is 10.8 Å². The van der Waals surface area contributed by atoms with Gasteiger partial charge in [-0.1, -0.05) is 13.0 Å². The average molecular weight is 264 g/mol. The predicted molar refractivity (Wildman–Crippen MR) is 74.0 cm³/mol. The van der Waals surface area contributed by atoms with Crippen LogP contribution in [0.5, 0.6) is 5.75 Å². The number of methoxy groups -OCH3 is 1. The van der Waals surface area contributed by atoms with Crippen molar-refractivity contribution in [3.05, 3.63) is 29.6 Å². The summed E-state index contributed by atoms with van der Waals surface area (Å²) in [7, 11) is 1.61. The number of anilines is 2. The SMILES string of the molecule is CCc1nsc(NCc2ccc(OC)c(N)c2)n1. The third-order valence-corrected chi connectivity index (χ3v) is 3.23. The van der Waals surface area contributed by atoms with Crippen LogP contribution in [0.2, 0.25) is 0 Å². The lowest BCUT2D eigenvalue weighted by molar-refractivity contribution is 0.417. The van der Waals surface area contributed by atoms with Gasteiger partial charge < -0.3 is 15.8 Å². The Morgan fingerprint density at radius 2 is 2.28 bits per heavy atom. The smallest absolute Gasteiger partial charge is 0.202 e. The van der Waals surface area contributed by atoms with Crippen molar-refractivity contribution in [3.63, 3.8) is 0 Å². The first-order chi connectivity index (χ1) is 8.72. The number of nitrogens with one attached hydrogen (secondary N) is 1. The van der Waals surface area contributed by atoms with Crippen molar-refractivity contribution in [1.82, 2.24) is 9.36 Å². The number of hydrogen-bond acceptors (Lipinski definition) is 6. The first-order valence-corrected chi connectivity index (χ1v) is 6.49. The van der Waals surface area contributed by atoms with Gasteiger partial charge in [0, 0.05) is 24.5 Å². The van der Waals surface area contributed by atoms with E-state index in [4.69, 9.17) is 10.5 Å². The lowest BCUT2D eigenvalue weighted by Crippen LogP contribution is -2.01. The number of ether oxygens (including phenoxy) is 1. The molecular weight excluding hydrogens is 248 g/mol. The van der Waals surface area contributed by atoms with Gasteiger partial charge in [0.15, 0.2) is 0 Å². The standard InChI is InChI=1S/C12H16N4OS/c1-3-11-15-12(18-16-11)14-7-8-4-5-10(17-2)9(13)6-8/h4-6H,3,7,13H2,1-2H3,(H,14,15,16). The summed E-state index contributed by atoms with van der Waals surface area (Å²) in [5, 5.41) is 4.06. The molecule has 2 rings (SSSR count). The Balaban J connectivity index is 1.99. The summed E-state index contributed by atoms with van der Waals surface area (Å²) in [6, 6.07) is 5.74. The van der Waals surface area contributed by atoms with Crippen LogP contribution in [0.1, 0.15) is 18.3 Å². The van der Waals surface area contributed by atoms with Crippen LogP contribution in [0, 0.1) is 0 Å². The van der Waals surface area contributed by atoms with Crippen LogP contribution in [-0.4, -0.2) is 16.5 Å². The van der Waals surface area contributed by atoms with Crippen molar-refractivity contribution in [2.45, 2.75) is 19.9 Å². The first-order valence-electron chi connectivity index (χ1n) is 5.71. The number of aromatic nitrogens is 2. The van der Waals surface area contributed by atoms with E-state index in [2.05, 4.69) is 14.7 Å². The number of nitrogen functional groups attached to an aromatic ring is 1. The summed E-state index contributed by atoms with van der Waals surface area (Å²) in [5.74, 6) is 1.57. The molecule has 1 aromatic heterocycles. The number of nitrogens with zero attached hydrogens (tertiary/aromatic N) is 2. The summed E-state index contributed by atoms with van der Waals surface area (Å²) < 4.78 is 9.33. The van der Waals surface area contributed by atoms with Crippen molar-refractivity contribution < 1.29 is 4.74 Å². The van der Waals surface area contributed by atoms with Crippen LogP contribution >= 0.6 is 11.5 Å². The fraction of sp³-hybridized carbons (Fsp3) is 0.333. The highest BCUT2D eigenvalue weighted by atomic mass is 32.1. The average Bonchev–Trinajstić information content (AvgIpc) is 2.84. The molecule has 96 valence electrons. The highest BCUT2D eigenvalue weighted by Gasteiger charge is 2.03. The van der Waals surface area contributed by atoms with E-state index in [0.29, 0.717) is 18.0 Å². The highest BCUT2D eigenvalue weighted by Crippen LogP contribution is 2.22. The van der Waals surface area contributed by atoms with Gasteiger partial charge in [0.1, 0.15) is 11.6 Å². The van der Waals surface area contributed by atoms with Crippen molar-refractivity contribution >= 4 is 22.4 Å². The van der Waals surface area contributed by atoms with Crippen molar-refractivity contribution in [1.29, 1.82) is 0 Å². The predicted octanol–water partition coefficient (Wildman–Crippen LogP) is 2.30. The molecule has 0 saturated carbocycles. The molecule has 5 nitrogen and oxygen atoms in total. The van der Waals surface area contributed by atoms with E-state index in [1.54, 1.807) is 7.11 Å². The van der Waals surface area contributed by atoms with E-state index < -0.39 is 0 Å². The van der Waals surface area contributed by atoms with Crippen molar-refractivity contribution in [2.75, 3.05) is 18.2 Å². The fourth-order valence-corrected chi connectivity index (χ4v) is 2.19. The summed E-state index contributed by atoms with van der Waals surface area (Å²) in [6.07, 6.45) is 0.855. The zero-order valence-electron chi connectivity index (χ0n) is 10.4. The van der Waals surface area contributed by atoms with Crippen LogP contribution in [0.25, 0.3) is 0 Å². The molecular formula is C12H16N4OS. The Kier molecular flexibility index (Phi) is 3.99. The maximum Gasteiger partial charge on any atom is 0.202 e. The van der Waals surface area contributed by atoms with Gasteiger partial charge in [-0.2, -0.15) is 4.37 Å². The van der Waals surface area contributed by atoms with Gasteiger partial charge in [-0.05, 0) is 17.7 Å². The van der Waals surface area contributed by atoms with Gasteiger partial charge in [-0.25, -0.2) is 4.98 Å². The van der Waals surface area contributed by atoms with Crippen LogP contribution in [0.3, 0.4) is 0 Å². The minimum atomic E-state index is 0.642. The van der Waals surface area contributed by atoms with E-state index in [9.17, 15) is 0 Å². The zero-order chi connectivity index (χ0) is 13.0. The molecule has 1 aromatic carbocycles. The summed E-state index contributed by atoms with van der Waals surface area (Å²) in [4.78, 5) is 4.34. The molecule has 0 aliphatic heterocycles. The van der Waals surface area contributed by atoms with E-state index in [1.807, 2.05) is 25.1 Å². The normalized spacial score (nSPS) is 10.3. The first kappa shape index (κ1) is 12.6. The molecule has 0 aliphatic carbocycles. The third-order valence-electron chi connectivity index (χ3n) is 2.52.